The number of aliphatic hydroxyl groups is 1. The van der Waals surface area contributed by atoms with E-state index in [1.54, 1.807) is 0 Å². The maximum atomic E-state index is 12.6. The van der Waals surface area contributed by atoms with Gasteiger partial charge in [-0.25, -0.2) is 4.79 Å². The Morgan fingerprint density at radius 2 is 1.65 bits per heavy atom. The first kappa shape index (κ1) is 32.1. The number of carbonyl (C=O) groups excluding carboxylic acids is 2. The number of hydrogen-bond acceptors (Lipinski definition) is 6. The van der Waals surface area contributed by atoms with Crippen molar-refractivity contribution in [1.82, 2.24) is 0 Å². The van der Waals surface area contributed by atoms with Gasteiger partial charge < -0.3 is 24.2 Å². The highest BCUT2D eigenvalue weighted by Crippen LogP contribution is 2.15. The van der Waals surface area contributed by atoms with Crippen LogP contribution in [-0.2, 0) is 23.9 Å². The highest BCUT2D eigenvalue weighted by atomic mass is 16.6. The van der Waals surface area contributed by atoms with Crippen LogP contribution in [0, 0.1) is 0 Å². The third-order valence-corrected chi connectivity index (χ3v) is 5.67. The molecular weight excluding hydrogens is 438 g/mol. The lowest BCUT2D eigenvalue weighted by atomic mass is 10.0. The minimum absolute atomic E-state index is 0.139. The number of ether oxygens (including phenoxy) is 2. The Kier molecular flexibility index (Phi) is 18.3. The van der Waals surface area contributed by atoms with Gasteiger partial charge >= 0.3 is 17.9 Å². The van der Waals surface area contributed by atoms with Gasteiger partial charge in [0.1, 0.15) is 19.3 Å². The van der Waals surface area contributed by atoms with E-state index in [1.807, 2.05) is 20.2 Å². The number of rotatable bonds is 21. The predicted molar refractivity (Wildman–Crippen MR) is 132 cm³/mol. The van der Waals surface area contributed by atoms with Gasteiger partial charge in [0.05, 0.1) is 20.2 Å². The predicted octanol–water partition coefficient (Wildman–Crippen LogP) is 4.24. The van der Waals surface area contributed by atoms with Crippen LogP contribution in [0.15, 0.2) is 12.2 Å². The van der Waals surface area contributed by atoms with Crippen LogP contribution in [0.1, 0.15) is 90.9 Å². The summed E-state index contributed by atoms with van der Waals surface area (Å²) in [6.45, 7) is 4.34. The maximum absolute atomic E-state index is 12.6. The van der Waals surface area contributed by atoms with Crippen LogP contribution < -0.4 is 0 Å². The van der Waals surface area contributed by atoms with Crippen molar-refractivity contribution in [2.75, 3.05) is 33.8 Å². The number of carbonyl (C=O) groups is 3. The first-order valence-electron chi connectivity index (χ1n) is 12.8. The lowest BCUT2D eigenvalue weighted by Crippen LogP contribution is -2.47. The quantitative estimate of drug-likeness (QED) is 0.108. The molecule has 0 rings (SSSR count). The molecule has 0 bridgehead atoms. The van der Waals surface area contributed by atoms with Gasteiger partial charge in [0, 0.05) is 13.3 Å². The largest absolute Gasteiger partial charge is 0.481 e. The fraction of sp³-hybridized carbons (Fsp3) is 0.808. The highest BCUT2D eigenvalue weighted by Gasteiger charge is 2.27. The van der Waals surface area contributed by atoms with E-state index in [9.17, 15) is 19.5 Å². The van der Waals surface area contributed by atoms with E-state index in [0.29, 0.717) is 23.9 Å². The molecule has 198 valence electrons. The lowest BCUT2D eigenvalue weighted by Gasteiger charge is -2.30. The van der Waals surface area contributed by atoms with Crippen molar-refractivity contribution in [3.05, 3.63) is 12.2 Å². The van der Waals surface area contributed by atoms with Gasteiger partial charge in [-0.3, -0.25) is 9.59 Å². The molecular formula is C26H48NO7+. The third kappa shape index (κ3) is 19.5. The molecule has 2 atom stereocenters. The summed E-state index contributed by atoms with van der Waals surface area (Å²) in [5.41, 5.74) is 0. The summed E-state index contributed by atoms with van der Waals surface area (Å²) in [5.74, 6) is -1.44. The molecule has 0 aliphatic carbocycles. The van der Waals surface area contributed by atoms with E-state index in [2.05, 4.69) is 13.0 Å². The molecule has 0 radical (unpaired) electrons. The normalized spacial score (nSPS) is 13.6. The summed E-state index contributed by atoms with van der Waals surface area (Å²) in [6, 6.07) is 0. The zero-order valence-corrected chi connectivity index (χ0v) is 21.8. The van der Waals surface area contributed by atoms with Crippen molar-refractivity contribution in [3.8, 4) is 0 Å². The average Bonchev–Trinajstić information content (AvgIpc) is 2.73. The van der Waals surface area contributed by atoms with Crippen LogP contribution in [0.25, 0.3) is 0 Å². The molecule has 0 amide bonds. The van der Waals surface area contributed by atoms with Gasteiger partial charge in [-0.15, -0.1) is 0 Å². The van der Waals surface area contributed by atoms with E-state index >= 15 is 0 Å². The summed E-state index contributed by atoms with van der Waals surface area (Å²) in [4.78, 5) is 34.0. The summed E-state index contributed by atoms with van der Waals surface area (Å²) in [6.07, 6.45) is 12.7. The third-order valence-electron chi connectivity index (χ3n) is 5.67. The summed E-state index contributed by atoms with van der Waals surface area (Å²) in [7, 11) is 3.75. The number of nitrogens with zero attached hydrogens (tertiary/aromatic N) is 1. The van der Waals surface area contributed by atoms with Crippen molar-refractivity contribution in [1.29, 1.82) is 0 Å². The van der Waals surface area contributed by atoms with E-state index in [0.717, 1.165) is 57.8 Å². The molecule has 34 heavy (non-hydrogen) atoms. The second-order valence-electron chi connectivity index (χ2n) is 9.66. The molecule has 0 aliphatic rings. The van der Waals surface area contributed by atoms with E-state index in [1.165, 1.54) is 6.92 Å². The van der Waals surface area contributed by atoms with Crippen molar-refractivity contribution in [2.45, 2.75) is 103 Å². The van der Waals surface area contributed by atoms with Crippen LogP contribution in [0.2, 0.25) is 0 Å². The van der Waals surface area contributed by atoms with Crippen LogP contribution in [0.5, 0.6) is 0 Å². The van der Waals surface area contributed by atoms with Gasteiger partial charge in [0.25, 0.3) is 0 Å². The number of esters is 2. The first-order chi connectivity index (χ1) is 16.1. The molecule has 0 aromatic heterocycles. The standard InChI is InChI=1S/C26H47NO7/c1-5-6-13-17-24(34-26(32)21-27(3,4)19-20-33-22(2)28)23(29)16-14-11-9-7-8-10-12-15-18-25(30)31/h11,14,23-24,29H,5-10,12-13,15-21H2,1-4H3/p+1/b14-11-. The molecule has 0 saturated carbocycles. The number of allylic oxidation sites excluding steroid dienone is 1. The number of aliphatic carboxylic acids is 1. The number of hydrogen-bond donors (Lipinski definition) is 2. The number of aliphatic hydroxyl groups excluding tert-OH is 1. The Balaban J connectivity index is 4.43. The second-order valence-corrected chi connectivity index (χ2v) is 9.66. The summed E-state index contributed by atoms with van der Waals surface area (Å²) < 4.78 is 11.0. The van der Waals surface area contributed by atoms with Crippen molar-refractivity contribution >= 4 is 17.9 Å². The van der Waals surface area contributed by atoms with Gasteiger partial charge in [0.15, 0.2) is 6.54 Å². The van der Waals surface area contributed by atoms with E-state index in [4.69, 9.17) is 14.6 Å². The Hall–Kier alpha value is -1.93. The highest BCUT2D eigenvalue weighted by molar-refractivity contribution is 5.70. The van der Waals surface area contributed by atoms with Crippen molar-refractivity contribution < 1.29 is 38.6 Å². The van der Waals surface area contributed by atoms with Gasteiger partial charge in [-0.1, -0.05) is 51.2 Å². The minimum atomic E-state index is -0.746. The number of carboxylic acid groups (broad SMARTS) is 1. The van der Waals surface area contributed by atoms with Crippen molar-refractivity contribution in [2.24, 2.45) is 0 Å². The van der Waals surface area contributed by atoms with Crippen LogP contribution >= 0.6 is 0 Å². The number of unbranched alkanes of at least 4 members (excludes halogenated alkanes) is 7. The molecule has 0 aromatic carbocycles. The molecule has 2 unspecified atom stereocenters. The zero-order chi connectivity index (χ0) is 25.8. The van der Waals surface area contributed by atoms with Crippen molar-refractivity contribution in [3.63, 3.8) is 0 Å². The maximum Gasteiger partial charge on any atom is 0.362 e. The van der Waals surface area contributed by atoms with Gasteiger partial charge in [-0.05, 0) is 38.5 Å². The van der Waals surface area contributed by atoms with Gasteiger partial charge in [0.2, 0.25) is 0 Å². The van der Waals surface area contributed by atoms with E-state index in [-0.39, 0.29) is 31.5 Å². The van der Waals surface area contributed by atoms with Crippen LogP contribution in [-0.4, -0.2) is 78.6 Å². The monoisotopic (exact) mass is 486 g/mol. The molecule has 0 aliphatic heterocycles. The summed E-state index contributed by atoms with van der Waals surface area (Å²) >= 11 is 0. The Morgan fingerprint density at radius 3 is 2.29 bits per heavy atom. The van der Waals surface area contributed by atoms with Crippen LogP contribution in [0.4, 0.5) is 0 Å². The zero-order valence-electron chi connectivity index (χ0n) is 21.8. The topological polar surface area (TPSA) is 110 Å². The molecule has 2 N–H and O–H groups in total. The Labute approximate surface area is 205 Å². The Bertz CT molecular complexity index is 604. The fourth-order valence-electron chi connectivity index (χ4n) is 3.57. The fourth-order valence-corrected chi connectivity index (χ4v) is 3.57. The number of likely N-dealkylation sites (N-methyl/N-ethyl adjacent to an activating group) is 1. The minimum Gasteiger partial charge on any atom is -0.481 e. The average molecular weight is 487 g/mol. The van der Waals surface area contributed by atoms with Gasteiger partial charge in [-0.2, -0.15) is 0 Å². The lowest BCUT2D eigenvalue weighted by molar-refractivity contribution is -0.883. The molecule has 0 saturated heterocycles. The second kappa shape index (κ2) is 19.4. The first-order valence-corrected chi connectivity index (χ1v) is 12.8. The SMILES string of the molecule is CCCCCC(OC(=O)C[N+](C)(C)CCOC(C)=O)C(O)C/C=C\CCCCCCCC(=O)O. The number of quaternary nitrogens is 1. The molecule has 0 aromatic rings. The smallest absolute Gasteiger partial charge is 0.362 e. The van der Waals surface area contributed by atoms with E-state index < -0.39 is 18.2 Å². The molecule has 0 spiro atoms. The molecule has 0 heterocycles. The summed E-state index contributed by atoms with van der Waals surface area (Å²) in [5, 5.41) is 19.3. The van der Waals surface area contributed by atoms with Crippen LogP contribution in [0.3, 0.4) is 0 Å². The molecule has 8 nitrogen and oxygen atoms in total. The number of carboxylic acids is 1. The Morgan fingerprint density at radius 1 is 0.971 bits per heavy atom. The molecule has 0 fully saturated rings. The molecule has 8 heteroatoms.